The van der Waals surface area contributed by atoms with Crippen LogP contribution in [0, 0.1) is 25.1 Å². The minimum Gasteiger partial charge on any atom is -0.323 e. The van der Waals surface area contributed by atoms with Gasteiger partial charge in [0.05, 0.1) is 17.1 Å². The molecular formula is C32H30ClFN4O3. The van der Waals surface area contributed by atoms with Crippen LogP contribution in [0.2, 0.25) is 5.02 Å². The lowest BCUT2D eigenvalue weighted by molar-refractivity contribution is -0.120. The van der Waals surface area contributed by atoms with Crippen molar-refractivity contribution in [3.8, 4) is 16.9 Å². The smallest absolute Gasteiger partial charge is 0.274 e. The third kappa shape index (κ3) is 4.80. The standard InChI is InChI=1S/C32H30ClFN4O3/c1-17-15-35-25(20-6-5-7-24(29(20)34)36-31(41)32(3)10-11-32)14-26(17)38-18(2)12-23(28(33)30(38)40)22-13-21(22)19-8-9-27(39)37(4)16-19/h5-9,12,14-16,21-22H,10-11,13H2,1-4H3,(H,36,41)/t21?,22-/m1/s1. The number of nitrogens with one attached hydrogen (secondary N) is 1. The number of pyridine rings is 3. The fraction of sp³-hybridized carbons (Fsp3) is 0.312. The molecule has 0 spiro atoms. The second-order valence-corrected chi connectivity index (χ2v) is 12.0. The van der Waals surface area contributed by atoms with Crippen molar-refractivity contribution in [2.75, 3.05) is 5.32 Å². The monoisotopic (exact) mass is 572 g/mol. The molecule has 1 unspecified atom stereocenters. The molecule has 0 bridgehead atoms. The van der Waals surface area contributed by atoms with Crippen molar-refractivity contribution in [3.05, 3.63) is 109 Å². The van der Waals surface area contributed by atoms with Crippen LogP contribution in [0.4, 0.5) is 10.1 Å². The van der Waals surface area contributed by atoms with Gasteiger partial charge in [0.25, 0.3) is 5.56 Å². The topological polar surface area (TPSA) is 86.0 Å². The summed E-state index contributed by atoms with van der Waals surface area (Å²) in [7, 11) is 1.72. The van der Waals surface area contributed by atoms with Crippen LogP contribution in [0.5, 0.6) is 0 Å². The van der Waals surface area contributed by atoms with Crippen molar-refractivity contribution in [1.29, 1.82) is 0 Å². The summed E-state index contributed by atoms with van der Waals surface area (Å²) in [5.74, 6) is -0.512. The largest absolute Gasteiger partial charge is 0.323 e. The van der Waals surface area contributed by atoms with Crippen molar-refractivity contribution >= 4 is 23.2 Å². The molecule has 1 aromatic carbocycles. The van der Waals surface area contributed by atoms with Crippen LogP contribution in [0.3, 0.4) is 0 Å². The summed E-state index contributed by atoms with van der Waals surface area (Å²) in [5.41, 5.74) is 3.58. The van der Waals surface area contributed by atoms with Crippen LogP contribution in [0.15, 0.2) is 64.4 Å². The third-order valence-corrected chi connectivity index (χ3v) is 8.85. The minimum absolute atomic E-state index is 0.0709. The zero-order valence-corrected chi connectivity index (χ0v) is 24.1. The summed E-state index contributed by atoms with van der Waals surface area (Å²) in [6.45, 7) is 5.54. The van der Waals surface area contributed by atoms with Crippen molar-refractivity contribution in [2.24, 2.45) is 12.5 Å². The molecule has 2 aliphatic carbocycles. The van der Waals surface area contributed by atoms with E-state index >= 15 is 4.39 Å². The summed E-state index contributed by atoms with van der Waals surface area (Å²) >= 11 is 6.71. The van der Waals surface area contributed by atoms with Crippen molar-refractivity contribution in [3.63, 3.8) is 0 Å². The van der Waals surface area contributed by atoms with Crippen molar-refractivity contribution < 1.29 is 9.18 Å². The Kier molecular flexibility index (Phi) is 6.49. The minimum atomic E-state index is -0.581. The Balaban J connectivity index is 1.35. The fourth-order valence-corrected chi connectivity index (χ4v) is 5.74. The van der Waals surface area contributed by atoms with Gasteiger partial charge in [-0.05, 0) is 85.9 Å². The van der Waals surface area contributed by atoms with Gasteiger partial charge >= 0.3 is 0 Å². The quantitative estimate of drug-likeness (QED) is 0.306. The van der Waals surface area contributed by atoms with E-state index in [0.717, 1.165) is 36.0 Å². The average Bonchev–Trinajstić information content (AvgIpc) is 3.87. The number of benzene rings is 1. The highest BCUT2D eigenvalue weighted by atomic mass is 35.5. The molecule has 1 N–H and O–H groups in total. The molecule has 1 amide bonds. The van der Waals surface area contributed by atoms with Crippen LogP contribution in [-0.2, 0) is 11.8 Å². The average molecular weight is 573 g/mol. The number of rotatable bonds is 6. The predicted octanol–water partition coefficient (Wildman–Crippen LogP) is 6.02. The lowest BCUT2D eigenvalue weighted by Gasteiger charge is -2.17. The number of amides is 1. The first-order valence-electron chi connectivity index (χ1n) is 13.6. The van der Waals surface area contributed by atoms with E-state index in [4.69, 9.17) is 11.6 Å². The second kappa shape index (κ2) is 9.80. The van der Waals surface area contributed by atoms with Gasteiger partial charge in [0, 0.05) is 42.2 Å². The third-order valence-electron chi connectivity index (χ3n) is 8.47. The van der Waals surface area contributed by atoms with Crippen LogP contribution in [-0.4, -0.2) is 20.0 Å². The normalized spacial score (nSPS) is 18.7. The van der Waals surface area contributed by atoms with Gasteiger partial charge in [-0.2, -0.15) is 0 Å². The number of nitrogens with zero attached hydrogens (tertiary/aromatic N) is 3. The van der Waals surface area contributed by atoms with Gasteiger partial charge in [0.2, 0.25) is 11.5 Å². The highest BCUT2D eigenvalue weighted by Crippen LogP contribution is 2.55. The number of aryl methyl sites for hydroxylation is 3. The number of aromatic nitrogens is 3. The van der Waals surface area contributed by atoms with Gasteiger partial charge in [-0.25, -0.2) is 4.39 Å². The number of halogens is 2. The molecule has 210 valence electrons. The predicted molar refractivity (Wildman–Crippen MR) is 157 cm³/mol. The maximum atomic E-state index is 15.6. The Morgan fingerprint density at radius 3 is 2.59 bits per heavy atom. The van der Waals surface area contributed by atoms with Gasteiger partial charge in [0.15, 0.2) is 5.82 Å². The van der Waals surface area contributed by atoms with E-state index in [9.17, 15) is 14.4 Å². The summed E-state index contributed by atoms with van der Waals surface area (Å²) < 4.78 is 18.7. The van der Waals surface area contributed by atoms with Crippen LogP contribution in [0.1, 0.15) is 60.4 Å². The van der Waals surface area contributed by atoms with E-state index in [1.165, 1.54) is 10.6 Å². The zero-order valence-electron chi connectivity index (χ0n) is 23.3. The van der Waals surface area contributed by atoms with E-state index < -0.39 is 11.2 Å². The Morgan fingerprint density at radius 2 is 1.88 bits per heavy atom. The number of carbonyl (C=O) groups is 1. The van der Waals surface area contributed by atoms with Crippen molar-refractivity contribution in [2.45, 2.75) is 51.9 Å². The number of anilines is 1. The zero-order chi connectivity index (χ0) is 29.2. The van der Waals surface area contributed by atoms with E-state index in [1.54, 1.807) is 42.1 Å². The van der Waals surface area contributed by atoms with Crippen LogP contribution < -0.4 is 16.4 Å². The molecule has 4 aromatic rings. The first-order chi connectivity index (χ1) is 19.5. The molecule has 3 heterocycles. The van der Waals surface area contributed by atoms with E-state index in [-0.39, 0.29) is 45.1 Å². The number of carbonyl (C=O) groups excluding carboxylic acids is 1. The van der Waals surface area contributed by atoms with E-state index in [0.29, 0.717) is 17.1 Å². The molecular weight excluding hydrogens is 543 g/mol. The Labute approximate surface area is 241 Å². The molecule has 9 heteroatoms. The maximum Gasteiger partial charge on any atom is 0.274 e. The highest BCUT2D eigenvalue weighted by molar-refractivity contribution is 6.31. The van der Waals surface area contributed by atoms with Gasteiger partial charge in [0.1, 0.15) is 5.02 Å². The molecule has 2 saturated carbocycles. The van der Waals surface area contributed by atoms with E-state index in [2.05, 4.69) is 10.3 Å². The van der Waals surface area contributed by atoms with Gasteiger partial charge < -0.3 is 9.88 Å². The van der Waals surface area contributed by atoms with Gasteiger partial charge in [-0.1, -0.05) is 30.7 Å². The molecule has 3 aromatic heterocycles. The molecule has 0 radical (unpaired) electrons. The number of hydrogen-bond donors (Lipinski definition) is 1. The summed E-state index contributed by atoms with van der Waals surface area (Å²) in [4.78, 5) is 42.5. The Morgan fingerprint density at radius 1 is 1.12 bits per heavy atom. The maximum absolute atomic E-state index is 15.6. The molecule has 2 fully saturated rings. The fourth-order valence-electron chi connectivity index (χ4n) is 5.46. The van der Waals surface area contributed by atoms with Crippen LogP contribution in [0.25, 0.3) is 16.9 Å². The van der Waals surface area contributed by atoms with Gasteiger partial charge in [-0.3, -0.25) is 23.9 Å². The molecule has 0 aliphatic heterocycles. The molecule has 2 aliphatic rings. The van der Waals surface area contributed by atoms with E-state index in [1.807, 2.05) is 39.1 Å². The summed E-state index contributed by atoms with van der Waals surface area (Å²) in [6, 6.07) is 11.8. The molecule has 6 rings (SSSR count). The first kappa shape index (κ1) is 27.1. The SMILES string of the molecule is Cc1cnc(-c2cccc(NC(=O)C3(C)CC3)c2F)cc1-n1c(C)cc([C@@H]2CC2c2ccc(=O)n(C)c2)c(Cl)c1=O. The molecule has 41 heavy (non-hydrogen) atoms. The highest BCUT2D eigenvalue weighted by Gasteiger charge is 2.45. The van der Waals surface area contributed by atoms with Gasteiger partial charge in [-0.15, -0.1) is 0 Å². The lowest BCUT2D eigenvalue weighted by Crippen LogP contribution is -2.23. The Hall–Kier alpha value is -4.04. The first-order valence-corrected chi connectivity index (χ1v) is 14.0. The molecule has 0 saturated heterocycles. The number of hydrogen-bond acceptors (Lipinski definition) is 4. The second-order valence-electron chi connectivity index (χ2n) is 11.6. The summed E-state index contributed by atoms with van der Waals surface area (Å²) in [6.07, 6.45) is 5.85. The molecule has 2 atom stereocenters. The summed E-state index contributed by atoms with van der Waals surface area (Å²) in [5, 5.41) is 2.87. The lowest BCUT2D eigenvalue weighted by atomic mass is 10.0. The van der Waals surface area contributed by atoms with Crippen LogP contribution >= 0.6 is 11.6 Å². The molecule has 7 nitrogen and oxygen atoms in total. The van der Waals surface area contributed by atoms with Crippen molar-refractivity contribution in [1.82, 2.24) is 14.1 Å². The Bertz CT molecular complexity index is 1860.